The summed E-state index contributed by atoms with van der Waals surface area (Å²) in [6, 6.07) is 11.5. The molecule has 1 aliphatic heterocycles. The first-order chi connectivity index (χ1) is 13.1. The van der Waals surface area contributed by atoms with Gasteiger partial charge in [0.15, 0.2) is 23.0 Å². The number of carbonyl (C=O) groups is 1. The van der Waals surface area contributed by atoms with Gasteiger partial charge in [0.05, 0.1) is 20.0 Å². The van der Waals surface area contributed by atoms with Crippen LogP contribution in [0.1, 0.15) is 11.1 Å². The summed E-state index contributed by atoms with van der Waals surface area (Å²) in [5.41, 5.74) is 2.02. The van der Waals surface area contributed by atoms with E-state index in [1.807, 2.05) is 36.4 Å². The highest BCUT2D eigenvalue weighted by Crippen LogP contribution is 2.34. The molecule has 0 saturated carbocycles. The lowest BCUT2D eigenvalue weighted by molar-refractivity contribution is -0.127. The molecule has 2 aromatic carbocycles. The van der Waals surface area contributed by atoms with Gasteiger partial charge in [-0.05, 0) is 23.8 Å². The number of ether oxygens (including phenoxy) is 4. The van der Waals surface area contributed by atoms with Gasteiger partial charge < -0.3 is 23.8 Å². The quantitative estimate of drug-likeness (QED) is 0.690. The molecule has 1 amide bonds. The van der Waals surface area contributed by atoms with Crippen LogP contribution in [0.25, 0.3) is 0 Å². The van der Waals surface area contributed by atoms with E-state index in [-0.39, 0.29) is 12.7 Å². The number of amides is 1. The average Bonchev–Trinajstić information content (AvgIpc) is 3.15. The van der Waals surface area contributed by atoms with Crippen molar-refractivity contribution < 1.29 is 23.7 Å². The maximum atomic E-state index is 12.5. The summed E-state index contributed by atoms with van der Waals surface area (Å²) in [6.07, 6.45) is 0. The second-order valence-electron chi connectivity index (χ2n) is 6.08. The molecule has 0 spiro atoms. The van der Waals surface area contributed by atoms with Gasteiger partial charge in [-0.3, -0.25) is 4.79 Å². The molecule has 3 rings (SSSR count). The van der Waals surface area contributed by atoms with Gasteiger partial charge in [-0.1, -0.05) is 18.2 Å². The van der Waals surface area contributed by atoms with Crippen LogP contribution in [0.4, 0.5) is 0 Å². The molecule has 0 fully saturated rings. The Labute approximate surface area is 163 Å². The fraction of sp³-hybridized carbons (Fsp3) is 0.350. The molecular formula is C20H23NO5S. The molecule has 7 heteroatoms. The van der Waals surface area contributed by atoms with Crippen molar-refractivity contribution in [2.24, 2.45) is 0 Å². The van der Waals surface area contributed by atoms with Crippen molar-refractivity contribution in [2.75, 3.05) is 33.8 Å². The summed E-state index contributed by atoms with van der Waals surface area (Å²) in [6.45, 7) is 0.729. The predicted octanol–water partition coefficient (Wildman–Crippen LogP) is 3.32. The Morgan fingerprint density at radius 2 is 1.96 bits per heavy atom. The fourth-order valence-corrected chi connectivity index (χ4v) is 3.73. The number of carbonyl (C=O) groups excluding carboxylic acids is 1. The van der Waals surface area contributed by atoms with Crippen LogP contribution in [0.15, 0.2) is 36.4 Å². The molecule has 144 valence electrons. The summed E-state index contributed by atoms with van der Waals surface area (Å²) < 4.78 is 21.4. The molecule has 0 saturated heterocycles. The molecule has 27 heavy (non-hydrogen) atoms. The van der Waals surface area contributed by atoms with E-state index < -0.39 is 0 Å². The Morgan fingerprint density at radius 3 is 2.74 bits per heavy atom. The molecule has 1 heterocycles. The molecular weight excluding hydrogens is 366 g/mol. The summed E-state index contributed by atoms with van der Waals surface area (Å²) in [4.78, 5) is 14.2. The third kappa shape index (κ3) is 4.60. The average molecular weight is 389 g/mol. The number of hydrogen-bond donors (Lipinski definition) is 0. The first-order valence-electron chi connectivity index (χ1n) is 8.52. The predicted molar refractivity (Wildman–Crippen MR) is 105 cm³/mol. The monoisotopic (exact) mass is 389 g/mol. The number of para-hydroxylation sites is 1. The number of thioether (sulfide) groups is 1. The van der Waals surface area contributed by atoms with Crippen molar-refractivity contribution in [1.29, 1.82) is 0 Å². The van der Waals surface area contributed by atoms with E-state index in [2.05, 4.69) is 0 Å². The molecule has 0 bridgehead atoms. The normalized spacial score (nSPS) is 12.0. The third-order valence-electron chi connectivity index (χ3n) is 4.25. The van der Waals surface area contributed by atoms with Gasteiger partial charge in [0.1, 0.15) is 0 Å². The lowest BCUT2D eigenvalue weighted by Gasteiger charge is -2.20. The molecule has 0 N–H and O–H groups in total. The maximum absolute atomic E-state index is 12.5. The lowest BCUT2D eigenvalue weighted by atomic mass is 10.1. The van der Waals surface area contributed by atoms with E-state index >= 15 is 0 Å². The van der Waals surface area contributed by atoms with Crippen molar-refractivity contribution in [3.05, 3.63) is 47.5 Å². The Balaban J connectivity index is 1.52. The van der Waals surface area contributed by atoms with Crippen molar-refractivity contribution in [3.63, 3.8) is 0 Å². The number of hydrogen-bond acceptors (Lipinski definition) is 6. The van der Waals surface area contributed by atoms with Crippen LogP contribution in [-0.2, 0) is 17.1 Å². The number of benzene rings is 2. The summed E-state index contributed by atoms with van der Waals surface area (Å²) in [7, 11) is 5.00. The smallest absolute Gasteiger partial charge is 0.232 e. The molecule has 0 atom stereocenters. The zero-order chi connectivity index (χ0) is 19.2. The van der Waals surface area contributed by atoms with Crippen LogP contribution in [0, 0.1) is 0 Å². The van der Waals surface area contributed by atoms with Crippen molar-refractivity contribution in [2.45, 2.75) is 12.3 Å². The Bertz CT molecular complexity index is 811. The Hall–Kier alpha value is -2.54. The molecule has 0 aliphatic carbocycles. The van der Waals surface area contributed by atoms with Crippen molar-refractivity contribution in [1.82, 2.24) is 4.90 Å². The first kappa shape index (κ1) is 19.2. The van der Waals surface area contributed by atoms with Gasteiger partial charge in [-0.2, -0.15) is 0 Å². The number of rotatable bonds is 8. The molecule has 1 aliphatic rings. The van der Waals surface area contributed by atoms with E-state index in [9.17, 15) is 4.79 Å². The minimum atomic E-state index is 0.0608. The summed E-state index contributed by atoms with van der Waals surface area (Å²) in [5.74, 6) is 4.05. The Kier molecular flexibility index (Phi) is 6.34. The lowest BCUT2D eigenvalue weighted by Crippen LogP contribution is -2.28. The first-order valence-corrected chi connectivity index (χ1v) is 9.68. The highest BCUT2D eigenvalue weighted by atomic mass is 32.2. The second-order valence-corrected chi connectivity index (χ2v) is 7.07. The largest absolute Gasteiger partial charge is 0.493 e. The van der Waals surface area contributed by atoms with Gasteiger partial charge >= 0.3 is 0 Å². The van der Waals surface area contributed by atoms with Crippen LogP contribution < -0.4 is 18.9 Å². The van der Waals surface area contributed by atoms with E-state index in [1.54, 1.807) is 37.9 Å². The van der Waals surface area contributed by atoms with Crippen LogP contribution in [-0.4, -0.2) is 44.6 Å². The zero-order valence-electron chi connectivity index (χ0n) is 15.7. The van der Waals surface area contributed by atoms with Crippen molar-refractivity contribution in [3.8, 4) is 23.0 Å². The molecule has 2 aromatic rings. The van der Waals surface area contributed by atoms with E-state index in [1.165, 1.54) is 0 Å². The highest BCUT2D eigenvalue weighted by Gasteiger charge is 2.16. The van der Waals surface area contributed by atoms with E-state index in [0.29, 0.717) is 23.8 Å². The zero-order valence-corrected chi connectivity index (χ0v) is 16.5. The number of nitrogens with zero attached hydrogens (tertiary/aromatic N) is 1. The number of fused-ring (bicyclic) bond motifs is 1. The molecule has 0 aromatic heterocycles. The van der Waals surface area contributed by atoms with Gasteiger partial charge in [-0.15, -0.1) is 11.8 Å². The van der Waals surface area contributed by atoms with Crippen molar-refractivity contribution >= 4 is 17.7 Å². The van der Waals surface area contributed by atoms with E-state index in [4.69, 9.17) is 18.9 Å². The minimum Gasteiger partial charge on any atom is -0.493 e. The van der Waals surface area contributed by atoms with Gasteiger partial charge in [0.25, 0.3) is 0 Å². The molecule has 0 unspecified atom stereocenters. The van der Waals surface area contributed by atoms with Gasteiger partial charge in [-0.25, -0.2) is 0 Å². The topological polar surface area (TPSA) is 57.2 Å². The van der Waals surface area contributed by atoms with Crippen LogP contribution in [0.3, 0.4) is 0 Å². The maximum Gasteiger partial charge on any atom is 0.232 e. The highest BCUT2D eigenvalue weighted by molar-refractivity contribution is 7.99. The van der Waals surface area contributed by atoms with Crippen LogP contribution in [0.2, 0.25) is 0 Å². The van der Waals surface area contributed by atoms with Crippen LogP contribution >= 0.6 is 11.8 Å². The van der Waals surface area contributed by atoms with E-state index in [0.717, 1.165) is 28.4 Å². The minimum absolute atomic E-state index is 0.0608. The molecule has 0 radical (unpaired) electrons. The third-order valence-corrected chi connectivity index (χ3v) is 5.24. The standard InChI is InChI=1S/C20H23NO5S/c1-21(10-15-5-4-6-17(23-2)20(15)24-3)19(22)12-27-11-14-7-8-16-18(9-14)26-13-25-16/h4-9H,10-13H2,1-3H3. The van der Waals surface area contributed by atoms with Crippen LogP contribution in [0.5, 0.6) is 23.0 Å². The summed E-state index contributed by atoms with van der Waals surface area (Å²) in [5, 5.41) is 0. The molecule has 6 nitrogen and oxygen atoms in total. The summed E-state index contributed by atoms with van der Waals surface area (Å²) >= 11 is 1.57. The number of methoxy groups -OCH3 is 2. The second kappa shape index (κ2) is 8.90. The van der Waals surface area contributed by atoms with Gasteiger partial charge in [0, 0.05) is 24.9 Å². The SMILES string of the molecule is COc1cccc(CN(C)C(=O)CSCc2ccc3c(c2)OCO3)c1OC. The Morgan fingerprint density at radius 1 is 1.15 bits per heavy atom. The van der Waals surface area contributed by atoms with Gasteiger partial charge in [0.2, 0.25) is 12.7 Å². The fourth-order valence-electron chi connectivity index (χ4n) is 2.82.